The van der Waals surface area contributed by atoms with E-state index in [2.05, 4.69) is 24.2 Å². The molecule has 7 nitrogen and oxygen atoms in total. The van der Waals surface area contributed by atoms with Gasteiger partial charge in [-0.2, -0.15) is 0 Å². The van der Waals surface area contributed by atoms with Crippen molar-refractivity contribution in [3.05, 3.63) is 46.6 Å². The second-order valence-corrected chi connectivity index (χ2v) is 8.25. The molecular weight excluding hydrogens is 370 g/mol. The van der Waals surface area contributed by atoms with Gasteiger partial charge in [-0.25, -0.2) is 4.68 Å². The van der Waals surface area contributed by atoms with Crippen LogP contribution in [-0.4, -0.2) is 35.9 Å². The molecule has 1 aromatic heterocycles. The lowest BCUT2D eigenvalue weighted by atomic mass is 9.87. The van der Waals surface area contributed by atoms with Crippen LogP contribution in [0.4, 0.5) is 0 Å². The van der Waals surface area contributed by atoms with E-state index < -0.39 is 0 Å². The minimum atomic E-state index is -0.236. The Bertz CT molecular complexity index is 1100. The maximum absolute atomic E-state index is 10.8. The zero-order chi connectivity index (χ0) is 20.9. The highest BCUT2D eigenvalue weighted by atomic mass is 16.5. The monoisotopic (exact) mass is 395 g/mol. The zero-order valence-electron chi connectivity index (χ0n) is 17.0. The maximum Gasteiger partial charge on any atom is 0.158 e. The van der Waals surface area contributed by atoms with Crippen LogP contribution in [0.25, 0.3) is 11.3 Å². The number of ether oxygens (including phenoxy) is 1. The molecule has 0 unspecified atom stereocenters. The van der Waals surface area contributed by atoms with Gasteiger partial charge in [-0.1, -0.05) is 5.21 Å². The van der Waals surface area contributed by atoms with E-state index in [-0.39, 0.29) is 22.8 Å². The van der Waals surface area contributed by atoms with Gasteiger partial charge >= 0.3 is 0 Å². The molecule has 0 fully saturated rings. The molecule has 2 aromatic carbocycles. The van der Waals surface area contributed by atoms with Crippen molar-refractivity contribution in [1.82, 2.24) is 15.0 Å². The lowest BCUT2D eigenvalue weighted by Gasteiger charge is -2.35. The third-order valence-electron chi connectivity index (χ3n) is 5.67. The average molecular weight is 395 g/mol. The number of phenolic OH excluding ortho intramolecular Hbond substituents is 3. The summed E-state index contributed by atoms with van der Waals surface area (Å²) >= 11 is 0. The van der Waals surface area contributed by atoms with E-state index >= 15 is 0 Å². The predicted molar refractivity (Wildman–Crippen MR) is 108 cm³/mol. The molecule has 1 aliphatic heterocycles. The molecule has 0 bridgehead atoms. The first-order valence-corrected chi connectivity index (χ1v) is 9.61. The van der Waals surface area contributed by atoms with Gasteiger partial charge in [0.05, 0.1) is 12.7 Å². The van der Waals surface area contributed by atoms with Gasteiger partial charge in [-0.15, -0.1) is 5.10 Å². The highest BCUT2D eigenvalue weighted by Gasteiger charge is 2.32. The van der Waals surface area contributed by atoms with Crippen molar-refractivity contribution < 1.29 is 20.1 Å². The first-order chi connectivity index (χ1) is 13.7. The van der Waals surface area contributed by atoms with Gasteiger partial charge in [0.2, 0.25) is 0 Å². The third kappa shape index (κ3) is 3.37. The van der Waals surface area contributed by atoms with E-state index in [9.17, 15) is 15.3 Å². The Balaban J connectivity index is 1.71. The maximum atomic E-state index is 10.8. The van der Waals surface area contributed by atoms with Gasteiger partial charge in [-0.05, 0) is 69.9 Å². The van der Waals surface area contributed by atoms with E-state index in [0.29, 0.717) is 17.8 Å². The highest BCUT2D eigenvalue weighted by molar-refractivity contribution is 5.63. The molecule has 3 aromatic rings. The topological polar surface area (TPSA) is 101 Å². The quantitative estimate of drug-likeness (QED) is 0.583. The van der Waals surface area contributed by atoms with Crippen molar-refractivity contribution in [3.63, 3.8) is 0 Å². The Hall–Kier alpha value is -3.22. The van der Waals surface area contributed by atoms with Crippen LogP contribution < -0.4 is 4.74 Å². The molecule has 29 heavy (non-hydrogen) atoms. The van der Waals surface area contributed by atoms with Crippen LogP contribution >= 0.6 is 0 Å². The number of hydrogen-bond donors (Lipinski definition) is 3. The second kappa shape index (κ2) is 6.69. The fraction of sp³-hybridized carbons (Fsp3) is 0.364. The van der Waals surface area contributed by atoms with Crippen molar-refractivity contribution in [2.45, 2.75) is 52.7 Å². The van der Waals surface area contributed by atoms with E-state index in [1.54, 1.807) is 16.9 Å². The van der Waals surface area contributed by atoms with Crippen molar-refractivity contribution in [2.24, 2.45) is 0 Å². The largest absolute Gasteiger partial charge is 0.507 e. The first kappa shape index (κ1) is 19.1. The summed E-state index contributed by atoms with van der Waals surface area (Å²) < 4.78 is 7.91. The number of nitrogens with zero attached hydrogens (tertiary/aromatic N) is 3. The SMILES string of the molecule is Cc1c(C)c2c(c(Cn3cc(-c4ccc(O)c(O)c4)nn3)c1O)CCC(C)(C)O2. The van der Waals surface area contributed by atoms with Crippen LogP contribution in [0.2, 0.25) is 0 Å². The molecule has 4 rings (SSSR count). The summed E-state index contributed by atoms with van der Waals surface area (Å²) in [6, 6.07) is 4.51. The van der Waals surface area contributed by atoms with Crippen molar-refractivity contribution in [3.8, 4) is 34.3 Å². The van der Waals surface area contributed by atoms with Gasteiger partial charge in [0.25, 0.3) is 0 Å². The third-order valence-corrected chi connectivity index (χ3v) is 5.67. The number of phenols is 3. The molecule has 1 aliphatic rings. The van der Waals surface area contributed by atoms with Crippen molar-refractivity contribution in [2.75, 3.05) is 0 Å². The van der Waals surface area contributed by atoms with Crippen LogP contribution in [0, 0.1) is 13.8 Å². The van der Waals surface area contributed by atoms with E-state index in [4.69, 9.17) is 4.74 Å². The second-order valence-electron chi connectivity index (χ2n) is 8.25. The van der Waals surface area contributed by atoms with Crippen LogP contribution in [0.15, 0.2) is 24.4 Å². The van der Waals surface area contributed by atoms with Gasteiger partial charge in [0, 0.05) is 16.7 Å². The fourth-order valence-corrected chi connectivity index (χ4v) is 3.76. The minimum Gasteiger partial charge on any atom is -0.507 e. The predicted octanol–water partition coefficient (Wildman–Crippen LogP) is 3.83. The van der Waals surface area contributed by atoms with Gasteiger partial charge in [-0.3, -0.25) is 0 Å². The Kier molecular flexibility index (Phi) is 4.41. The molecule has 0 atom stereocenters. The summed E-state index contributed by atoms with van der Waals surface area (Å²) in [5, 5.41) is 38.4. The molecule has 0 spiro atoms. The van der Waals surface area contributed by atoms with Crippen molar-refractivity contribution >= 4 is 0 Å². The van der Waals surface area contributed by atoms with Gasteiger partial charge in [0.15, 0.2) is 11.5 Å². The number of hydrogen-bond acceptors (Lipinski definition) is 6. The van der Waals surface area contributed by atoms with E-state index in [1.807, 2.05) is 13.8 Å². The van der Waals surface area contributed by atoms with E-state index in [0.717, 1.165) is 40.8 Å². The van der Waals surface area contributed by atoms with Crippen LogP contribution in [0.1, 0.15) is 42.5 Å². The Morgan fingerprint density at radius 1 is 1.10 bits per heavy atom. The first-order valence-electron chi connectivity index (χ1n) is 9.61. The molecular formula is C22H25N3O4. The standard InChI is InChI=1S/C22H25N3O4/c1-12-13(2)21-15(7-8-22(3,4)29-21)16(20(12)28)10-25-11-17(23-24-25)14-5-6-18(26)19(27)9-14/h5-6,9,11,26-28H,7-8,10H2,1-4H3. The Labute approximate surface area is 169 Å². The summed E-state index contributed by atoms with van der Waals surface area (Å²) in [7, 11) is 0. The molecule has 3 N–H and O–H groups in total. The van der Waals surface area contributed by atoms with Gasteiger partial charge < -0.3 is 20.1 Å². The molecule has 0 amide bonds. The smallest absolute Gasteiger partial charge is 0.158 e. The molecule has 0 saturated heterocycles. The summed E-state index contributed by atoms with van der Waals surface area (Å²) in [5.41, 5.74) is 4.55. The van der Waals surface area contributed by atoms with Crippen LogP contribution in [0.5, 0.6) is 23.0 Å². The van der Waals surface area contributed by atoms with E-state index in [1.165, 1.54) is 12.1 Å². The summed E-state index contributed by atoms with van der Waals surface area (Å²) in [6.07, 6.45) is 3.44. The molecule has 0 aliphatic carbocycles. The summed E-state index contributed by atoms with van der Waals surface area (Å²) in [5.74, 6) is 0.729. The molecule has 152 valence electrons. The van der Waals surface area contributed by atoms with Crippen LogP contribution in [0.3, 0.4) is 0 Å². The summed E-state index contributed by atoms with van der Waals surface area (Å²) in [4.78, 5) is 0. The fourth-order valence-electron chi connectivity index (χ4n) is 3.76. The lowest BCUT2D eigenvalue weighted by molar-refractivity contribution is 0.0829. The highest BCUT2D eigenvalue weighted by Crippen LogP contribution is 2.43. The molecule has 0 saturated carbocycles. The number of rotatable bonds is 3. The molecule has 0 radical (unpaired) electrons. The number of benzene rings is 2. The number of fused-ring (bicyclic) bond motifs is 1. The van der Waals surface area contributed by atoms with Gasteiger partial charge in [0.1, 0.15) is 22.8 Å². The molecule has 2 heterocycles. The Morgan fingerprint density at radius 3 is 2.59 bits per heavy atom. The molecule has 7 heteroatoms. The summed E-state index contributed by atoms with van der Waals surface area (Å²) in [6.45, 7) is 8.38. The number of aromatic nitrogens is 3. The normalized spacial score (nSPS) is 15.0. The zero-order valence-corrected chi connectivity index (χ0v) is 17.0. The Morgan fingerprint density at radius 2 is 1.86 bits per heavy atom. The van der Waals surface area contributed by atoms with Crippen molar-refractivity contribution in [1.29, 1.82) is 0 Å². The lowest BCUT2D eigenvalue weighted by Crippen LogP contribution is -2.33. The van der Waals surface area contributed by atoms with Crippen LogP contribution in [-0.2, 0) is 13.0 Å². The average Bonchev–Trinajstić information content (AvgIpc) is 3.14. The minimum absolute atomic E-state index is 0.184. The number of aromatic hydroxyl groups is 3.